The minimum atomic E-state index is -4.53. The number of nitrogens with zero attached hydrogens (tertiary/aromatic N) is 1. The number of methoxy groups -OCH3 is 1. The van der Waals surface area contributed by atoms with E-state index in [9.17, 15) is 18.0 Å². The molecule has 166 valence electrons. The summed E-state index contributed by atoms with van der Waals surface area (Å²) in [6.45, 7) is 7.35. The highest BCUT2D eigenvalue weighted by molar-refractivity contribution is 7.20. The molecular formula is C22H23F3N2O3S. The number of carbonyl (C=O) groups excluding carboxylic acids is 1. The molecule has 1 N–H and O–H groups in total. The van der Waals surface area contributed by atoms with E-state index in [1.54, 1.807) is 19.1 Å². The van der Waals surface area contributed by atoms with Crippen LogP contribution in [0.15, 0.2) is 30.3 Å². The van der Waals surface area contributed by atoms with Crippen LogP contribution in [0.3, 0.4) is 0 Å². The lowest BCUT2D eigenvalue weighted by Crippen LogP contribution is -2.26. The molecule has 9 heteroatoms. The third-order valence-corrected chi connectivity index (χ3v) is 5.90. The van der Waals surface area contributed by atoms with E-state index in [4.69, 9.17) is 9.47 Å². The van der Waals surface area contributed by atoms with Crippen molar-refractivity contribution in [2.24, 2.45) is 0 Å². The number of hydrogen-bond acceptors (Lipinski definition) is 5. The number of nitrogens with one attached hydrogen (secondary N) is 1. The second-order valence-corrected chi connectivity index (χ2v) is 8.37. The van der Waals surface area contributed by atoms with Gasteiger partial charge in [0.1, 0.15) is 10.5 Å². The van der Waals surface area contributed by atoms with Gasteiger partial charge in [0, 0.05) is 5.39 Å². The van der Waals surface area contributed by atoms with Gasteiger partial charge in [-0.1, -0.05) is 6.07 Å². The molecule has 0 bridgehead atoms. The first-order valence-corrected chi connectivity index (χ1v) is 10.5. The molecule has 1 unspecified atom stereocenters. The maximum absolute atomic E-state index is 12.9. The number of amides is 1. The van der Waals surface area contributed by atoms with Crippen molar-refractivity contribution >= 4 is 27.5 Å². The Morgan fingerprint density at radius 1 is 1.13 bits per heavy atom. The van der Waals surface area contributed by atoms with E-state index >= 15 is 0 Å². The van der Waals surface area contributed by atoms with Crippen LogP contribution < -0.4 is 14.8 Å². The molecular weight excluding hydrogens is 429 g/mol. The van der Waals surface area contributed by atoms with Crippen molar-refractivity contribution in [2.75, 3.05) is 7.11 Å². The number of aromatic nitrogens is 1. The topological polar surface area (TPSA) is 60.5 Å². The molecule has 0 saturated heterocycles. The molecule has 1 atom stereocenters. The van der Waals surface area contributed by atoms with Crippen molar-refractivity contribution in [1.82, 2.24) is 10.3 Å². The van der Waals surface area contributed by atoms with Gasteiger partial charge in [0.25, 0.3) is 5.91 Å². The maximum Gasteiger partial charge on any atom is 0.433 e. The summed E-state index contributed by atoms with van der Waals surface area (Å²) >= 11 is 0.949. The van der Waals surface area contributed by atoms with Crippen molar-refractivity contribution in [3.05, 3.63) is 52.0 Å². The van der Waals surface area contributed by atoms with Crippen LogP contribution in [0, 0.1) is 6.92 Å². The highest BCUT2D eigenvalue weighted by Gasteiger charge is 2.33. The predicted octanol–water partition coefficient (Wildman–Crippen LogP) is 5.91. The summed E-state index contributed by atoms with van der Waals surface area (Å²) in [5.74, 6) is 0.781. The molecule has 2 heterocycles. The maximum atomic E-state index is 12.9. The summed E-state index contributed by atoms with van der Waals surface area (Å²) in [5.41, 5.74) is 0.430. The van der Waals surface area contributed by atoms with E-state index in [1.165, 1.54) is 13.2 Å². The van der Waals surface area contributed by atoms with Gasteiger partial charge in [0.2, 0.25) is 0 Å². The molecule has 2 aromatic heterocycles. The lowest BCUT2D eigenvalue weighted by molar-refractivity contribution is -0.140. The van der Waals surface area contributed by atoms with Gasteiger partial charge >= 0.3 is 6.18 Å². The average molecular weight is 452 g/mol. The highest BCUT2D eigenvalue weighted by Crippen LogP contribution is 2.35. The van der Waals surface area contributed by atoms with Crippen LogP contribution in [0.2, 0.25) is 0 Å². The fourth-order valence-electron chi connectivity index (χ4n) is 3.12. The molecule has 31 heavy (non-hydrogen) atoms. The number of carbonyl (C=O) groups is 1. The number of hydrogen-bond donors (Lipinski definition) is 1. The second kappa shape index (κ2) is 8.74. The van der Waals surface area contributed by atoms with Gasteiger partial charge in [-0.25, -0.2) is 4.98 Å². The number of pyridine rings is 1. The first kappa shape index (κ1) is 22.9. The van der Waals surface area contributed by atoms with Crippen LogP contribution in [0.5, 0.6) is 11.5 Å². The van der Waals surface area contributed by atoms with Crippen LogP contribution in [0.25, 0.3) is 10.2 Å². The quantitative estimate of drug-likeness (QED) is 0.505. The number of rotatable bonds is 6. The number of fused-ring (bicyclic) bond motifs is 1. The Bertz CT molecular complexity index is 1110. The Kier molecular flexibility index (Phi) is 6.45. The van der Waals surface area contributed by atoms with Crippen LogP contribution in [0.1, 0.15) is 53.3 Å². The largest absolute Gasteiger partial charge is 0.493 e. The van der Waals surface area contributed by atoms with Crippen molar-refractivity contribution in [2.45, 2.75) is 46.0 Å². The normalized spacial score (nSPS) is 12.8. The minimum Gasteiger partial charge on any atom is -0.493 e. The van der Waals surface area contributed by atoms with E-state index in [0.717, 1.165) is 23.0 Å². The van der Waals surface area contributed by atoms with Gasteiger partial charge in [-0.2, -0.15) is 13.2 Å². The van der Waals surface area contributed by atoms with E-state index in [1.807, 2.05) is 26.8 Å². The minimum absolute atomic E-state index is 0.0146. The number of halogens is 3. The molecule has 0 aliphatic carbocycles. The fraction of sp³-hybridized carbons (Fsp3) is 0.364. The van der Waals surface area contributed by atoms with Gasteiger partial charge in [-0.3, -0.25) is 4.79 Å². The van der Waals surface area contributed by atoms with Crippen LogP contribution in [0.4, 0.5) is 13.2 Å². The van der Waals surface area contributed by atoms with Crippen molar-refractivity contribution in [3.8, 4) is 11.5 Å². The van der Waals surface area contributed by atoms with Gasteiger partial charge < -0.3 is 14.8 Å². The van der Waals surface area contributed by atoms with E-state index in [0.29, 0.717) is 27.3 Å². The van der Waals surface area contributed by atoms with E-state index in [-0.39, 0.29) is 22.9 Å². The zero-order valence-corrected chi connectivity index (χ0v) is 18.6. The monoisotopic (exact) mass is 452 g/mol. The van der Waals surface area contributed by atoms with Gasteiger partial charge in [0.05, 0.1) is 24.1 Å². The molecule has 0 aliphatic heterocycles. The van der Waals surface area contributed by atoms with Crippen molar-refractivity contribution < 1.29 is 27.4 Å². The molecule has 0 radical (unpaired) electrons. The Morgan fingerprint density at radius 3 is 2.45 bits per heavy atom. The van der Waals surface area contributed by atoms with Crippen LogP contribution >= 0.6 is 11.3 Å². The van der Waals surface area contributed by atoms with Crippen LogP contribution in [-0.2, 0) is 6.18 Å². The fourth-order valence-corrected chi connectivity index (χ4v) is 4.21. The number of alkyl halides is 3. The Balaban J connectivity index is 1.84. The van der Waals surface area contributed by atoms with Crippen molar-refractivity contribution in [3.63, 3.8) is 0 Å². The molecule has 1 aromatic carbocycles. The number of aryl methyl sites for hydroxylation is 1. The third-order valence-electron chi connectivity index (χ3n) is 4.70. The second-order valence-electron chi connectivity index (χ2n) is 7.38. The summed E-state index contributed by atoms with van der Waals surface area (Å²) in [6.07, 6.45) is -4.55. The number of ether oxygens (including phenoxy) is 2. The molecule has 3 rings (SSSR count). The standard InChI is InChI=1S/C22H23F3N2O3S/c1-11(2)30-16-8-6-14(10-17(16)29-5)13(4)26-20(28)19-12(3)15-7-9-18(22(23,24)25)27-21(15)31-19/h6-11,13H,1-5H3,(H,26,28). The Hall–Kier alpha value is -2.81. The molecule has 3 aromatic rings. The molecule has 0 aliphatic rings. The molecule has 1 amide bonds. The molecule has 0 spiro atoms. The van der Waals surface area contributed by atoms with Crippen LogP contribution in [-0.4, -0.2) is 24.1 Å². The first-order chi connectivity index (χ1) is 14.5. The van der Waals surface area contributed by atoms with Gasteiger partial charge in [0.15, 0.2) is 11.5 Å². The zero-order valence-electron chi connectivity index (χ0n) is 17.8. The number of thiophene rings is 1. The zero-order chi connectivity index (χ0) is 22.9. The summed E-state index contributed by atoms with van der Waals surface area (Å²) in [7, 11) is 1.54. The lowest BCUT2D eigenvalue weighted by atomic mass is 10.1. The van der Waals surface area contributed by atoms with Crippen molar-refractivity contribution in [1.29, 1.82) is 0 Å². The van der Waals surface area contributed by atoms with Gasteiger partial charge in [-0.15, -0.1) is 11.3 Å². The van der Waals surface area contributed by atoms with E-state index in [2.05, 4.69) is 10.3 Å². The SMILES string of the molecule is COc1cc(C(C)NC(=O)c2sc3nc(C(F)(F)F)ccc3c2C)ccc1OC(C)C. The molecule has 0 saturated carbocycles. The molecule has 0 fully saturated rings. The summed E-state index contributed by atoms with van der Waals surface area (Å²) in [5, 5.41) is 3.43. The number of benzene rings is 1. The van der Waals surface area contributed by atoms with Gasteiger partial charge in [-0.05, 0) is 63.1 Å². The third kappa shape index (κ3) is 4.92. The average Bonchev–Trinajstić information content (AvgIpc) is 3.03. The summed E-state index contributed by atoms with van der Waals surface area (Å²) < 4.78 is 49.9. The lowest BCUT2D eigenvalue weighted by Gasteiger charge is -2.18. The first-order valence-electron chi connectivity index (χ1n) is 9.64. The van der Waals surface area contributed by atoms with E-state index < -0.39 is 11.9 Å². The molecule has 5 nitrogen and oxygen atoms in total. The smallest absolute Gasteiger partial charge is 0.433 e. The Labute approximate surface area is 182 Å². The summed E-state index contributed by atoms with van der Waals surface area (Å²) in [4.78, 5) is 17.1. The Morgan fingerprint density at radius 2 is 1.84 bits per heavy atom. The summed E-state index contributed by atoms with van der Waals surface area (Å²) in [6, 6.07) is 7.33. The predicted molar refractivity (Wildman–Crippen MR) is 114 cm³/mol. The highest BCUT2D eigenvalue weighted by atomic mass is 32.1.